The summed E-state index contributed by atoms with van der Waals surface area (Å²) in [6, 6.07) is 7.94. The van der Waals surface area contributed by atoms with Crippen molar-refractivity contribution in [1.82, 2.24) is 5.32 Å². The van der Waals surface area contributed by atoms with Gasteiger partial charge in [0.15, 0.2) is 0 Å². The molecule has 0 radical (unpaired) electrons. The average molecular weight is 730 g/mol. The van der Waals surface area contributed by atoms with Gasteiger partial charge in [0.25, 0.3) is 0 Å². The van der Waals surface area contributed by atoms with E-state index in [9.17, 15) is 24.9 Å². The van der Waals surface area contributed by atoms with Crippen LogP contribution in [-0.2, 0) is 40.5 Å². The van der Waals surface area contributed by atoms with E-state index in [0.29, 0.717) is 12.1 Å². The van der Waals surface area contributed by atoms with Crippen LogP contribution < -0.4 is 5.32 Å². The third-order valence-electron chi connectivity index (χ3n) is 9.96. The summed E-state index contributed by atoms with van der Waals surface area (Å²) in [5.74, 6) is -1.50. The van der Waals surface area contributed by atoms with Gasteiger partial charge in [-0.25, -0.2) is 0 Å². The first kappa shape index (κ1) is 45.3. The molecule has 0 bridgehead atoms. The number of esters is 2. The van der Waals surface area contributed by atoms with Crippen molar-refractivity contribution in [2.45, 2.75) is 168 Å². The molecular formula is C42H67NO9. The fourth-order valence-corrected chi connectivity index (χ4v) is 6.62. The molecule has 0 spiro atoms. The molecule has 0 amide bonds. The number of hydrogen-bond donors (Lipinski definition) is 4. The quantitative estimate of drug-likeness (QED) is 0.0987. The highest BCUT2D eigenvalue weighted by molar-refractivity contribution is 5.70. The Labute approximate surface area is 312 Å². The molecule has 10 atom stereocenters. The smallest absolute Gasteiger partial charge is 0.309 e. The molecule has 1 aliphatic rings. The van der Waals surface area contributed by atoms with Crippen LogP contribution in [0.5, 0.6) is 0 Å². The Bertz CT molecular complexity index is 1350. The van der Waals surface area contributed by atoms with Gasteiger partial charge >= 0.3 is 11.9 Å². The lowest BCUT2D eigenvalue weighted by Crippen LogP contribution is -2.55. The van der Waals surface area contributed by atoms with Crippen LogP contribution in [0.1, 0.15) is 113 Å². The maximum Gasteiger partial charge on any atom is 0.309 e. The van der Waals surface area contributed by atoms with Crippen LogP contribution in [0.15, 0.2) is 60.2 Å². The number of ether oxygens (including phenoxy) is 4. The number of allylic oxidation sites excluding steroid dienone is 2. The van der Waals surface area contributed by atoms with E-state index in [1.54, 1.807) is 51.3 Å². The minimum Gasteiger partial charge on any atom is -0.457 e. The number of nitrogens with one attached hydrogen (secondary N) is 1. The van der Waals surface area contributed by atoms with Gasteiger partial charge in [-0.05, 0) is 82.1 Å². The molecule has 52 heavy (non-hydrogen) atoms. The van der Waals surface area contributed by atoms with E-state index in [1.807, 2.05) is 34.6 Å². The number of hydrogen-bond acceptors (Lipinski definition) is 10. The topological polar surface area (TPSA) is 144 Å². The number of benzene rings is 1. The van der Waals surface area contributed by atoms with Gasteiger partial charge in [0.1, 0.15) is 17.8 Å². The van der Waals surface area contributed by atoms with Gasteiger partial charge in [-0.3, -0.25) is 9.59 Å². The van der Waals surface area contributed by atoms with Gasteiger partial charge in [0.2, 0.25) is 0 Å². The molecule has 0 saturated carbocycles. The molecule has 1 aromatic rings. The first-order chi connectivity index (χ1) is 24.1. The number of rotatable bonds is 14. The number of aliphatic hydroxyl groups excluding tert-OH is 1. The summed E-state index contributed by atoms with van der Waals surface area (Å²) in [7, 11) is 1.67. The third-order valence-corrected chi connectivity index (χ3v) is 9.96. The van der Waals surface area contributed by atoms with Gasteiger partial charge in [-0.15, -0.1) is 0 Å². The van der Waals surface area contributed by atoms with Crippen molar-refractivity contribution in [2.75, 3.05) is 7.11 Å². The van der Waals surface area contributed by atoms with Crippen molar-refractivity contribution in [3.63, 3.8) is 0 Å². The highest BCUT2D eigenvalue weighted by Gasteiger charge is 2.37. The fraction of sp³-hybridized carbons (Fsp3) is 0.667. The highest BCUT2D eigenvalue weighted by Crippen LogP contribution is 2.28. The molecule has 0 aliphatic carbocycles. The van der Waals surface area contributed by atoms with E-state index in [4.69, 9.17) is 18.9 Å². The Morgan fingerprint density at radius 1 is 1.12 bits per heavy atom. The number of carbonyl (C=O) groups is 2. The van der Waals surface area contributed by atoms with E-state index in [-0.39, 0.29) is 42.8 Å². The van der Waals surface area contributed by atoms with Crippen molar-refractivity contribution in [3.8, 4) is 0 Å². The first-order valence-corrected chi connectivity index (χ1v) is 18.7. The SMILES string of the molecule is CC[C@H](OC)[C@@H](C)OC(C)C(NCc1ccc(C(C)(C)C)cc1)C(C)(O)/C=C/C=C(\C)[C@H]1OC(=O)CC(O)CCC(C)(O)[C@@H](OC(C)=O)/C=C/C1C. The van der Waals surface area contributed by atoms with Gasteiger partial charge < -0.3 is 39.6 Å². The third kappa shape index (κ3) is 14.2. The minimum atomic E-state index is -1.46. The lowest BCUT2D eigenvalue weighted by Gasteiger charge is -2.38. The van der Waals surface area contributed by atoms with Gasteiger partial charge in [0, 0.05) is 26.5 Å². The second-order valence-electron chi connectivity index (χ2n) is 16.0. The van der Waals surface area contributed by atoms with Crippen LogP contribution in [0, 0.1) is 5.92 Å². The number of aliphatic hydroxyl groups is 3. The molecule has 294 valence electrons. The molecule has 6 unspecified atom stereocenters. The molecular weight excluding hydrogens is 662 g/mol. The van der Waals surface area contributed by atoms with Crippen LogP contribution in [0.2, 0.25) is 0 Å². The maximum absolute atomic E-state index is 12.9. The monoisotopic (exact) mass is 729 g/mol. The molecule has 1 aliphatic heterocycles. The summed E-state index contributed by atoms with van der Waals surface area (Å²) >= 11 is 0. The van der Waals surface area contributed by atoms with E-state index in [0.717, 1.165) is 12.0 Å². The van der Waals surface area contributed by atoms with Crippen molar-refractivity contribution >= 4 is 11.9 Å². The molecule has 4 N–H and O–H groups in total. The molecule has 1 aromatic carbocycles. The fourth-order valence-electron chi connectivity index (χ4n) is 6.62. The van der Waals surface area contributed by atoms with Crippen molar-refractivity contribution in [3.05, 3.63) is 71.3 Å². The Balaban J connectivity index is 2.41. The summed E-state index contributed by atoms with van der Waals surface area (Å²) in [6.07, 6.45) is 5.89. The van der Waals surface area contributed by atoms with Gasteiger partial charge in [0.05, 0.1) is 42.5 Å². The van der Waals surface area contributed by atoms with Crippen molar-refractivity contribution in [2.24, 2.45) is 5.92 Å². The molecule has 0 fully saturated rings. The van der Waals surface area contributed by atoms with Crippen LogP contribution in [-0.4, -0.2) is 88.2 Å². The van der Waals surface area contributed by atoms with E-state index < -0.39 is 53.6 Å². The minimum absolute atomic E-state index is 0.0400. The lowest BCUT2D eigenvalue weighted by atomic mass is 9.86. The second-order valence-corrected chi connectivity index (χ2v) is 16.0. The van der Waals surface area contributed by atoms with E-state index >= 15 is 0 Å². The average Bonchev–Trinajstić information content (AvgIpc) is 3.04. The zero-order valence-electron chi connectivity index (χ0n) is 33.6. The van der Waals surface area contributed by atoms with Crippen LogP contribution in [0.4, 0.5) is 0 Å². The first-order valence-electron chi connectivity index (χ1n) is 18.7. The lowest BCUT2D eigenvalue weighted by molar-refractivity contribution is -0.157. The molecule has 10 nitrogen and oxygen atoms in total. The zero-order chi connectivity index (χ0) is 39.4. The maximum atomic E-state index is 12.9. The Hall–Kier alpha value is -2.86. The predicted octanol–water partition coefficient (Wildman–Crippen LogP) is 6.25. The normalized spacial score (nSPS) is 28.1. The summed E-state index contributed by atoms with van der Waals surface area (Å²) in [6.45, 7) is 21.2. The van der Waals surface area contributed by atoms with Crippen molar-refractivity contribution < 1.29 is 43.9 Å². The largest absolute Gasteiger partial charge is 0.457 e. The van der Waals surface area contributed by atoms with Crippen LogP contribution >= 0.6 is 0 Å². The molecule has 0 saturated heterocycles. The van der Waals surface area contributed by atoms with Crippen molar-refractivity contribution in [1.29, 1.82) is 0 Å². The van der Waals surface area contributed by atoms with Crippen LogP contribution in [0.3, 0.4) is 0 Å². The standard InChI is InChI=1S/C42H67NO9/c1-13-35(49-12)29(4)50-30(5)39(43-26-32-17-19-33(20-18-32)40(7,8)9)42(11,48)23-14-15-27(2)38-28(3)16-21-36(51-31(6)44)41(10,47)24-22-34(45)25-37(46)52-38/h14-21,23,28-30,34-36,38-39,43,45,47-48H,13,22,24-26H2,1-12H3/b21-16+,23-14+,27-15+/t28?,29-,30?,34?,35+,36+,38-,39?,41?,42?/m1/s1. The zero-order valence-corrected chi connectivity index (χ0v) is 33.6. The highest BCUT2D eigenvalue weighted by atomic mass is 16.6. The summed E-state index contributed by atoms with van der Waals surface area (Å²) < 4.78 is 23.4. The molecule has 0 aromatic heterocycles. The Kier molecular flexibility index (Phi) is 17.4. The van der Waals surface area contributed by atoms with Gasteiger partial charge in [-0.2, -0.15) is 0 Å². The van der Waals surface area contributed by atoms with E-state index in [1.165, 1.54) is 12.5 Å². The number of carbonyl (C=O) groups excluding carboxylic acids is 2. The number of methoxy groups -OCH3 is 1. The second kappa shape index (κ2) is 20.0. The number of cyclic esters (lactones) is 1. The summed E-state index contributed by atoms with van der Waals surface area (Å²) in [5.41, 5.74) is 0.208. The molecule has 10 heteroatoms. The molecule has 2 rings (SSSR count). The van der Waals surface area contributed by atoms with E-state index in [2.05, 4.69) is 50.4 Å². The Morgan fingerprint density at radius 2 is 1.75 bits per heavy atom. The van der Waals surface area contributed by atoms with Gasteiger partial charge in [-0.1, -0.05) is 83.2 Å². The molecule has 1 heterocycles. The summed E-state index contributed by atoms with van der Waals surface area (Å²) in [4.78, 5) is 24.8. The summed E-state index contributed by atoms with van der Waals surface area (Å²) in [5, 5.41) is 37.2. The van der Waals surface area contributed by atoms with Crippen LogP contribution in [0.25, 0.3) is 0 Å². The predicted molar refractivity (Wildman–Crippen MR) is 205 cm³/mol. The Morgan fingerprint density at radius 3 is 2.31 bits per heavy atom.